The minimum Gasteiger partial charge on any atom is -0.352 e. The van der Waals surface area contributed by atoms with Crippen LogP contribution in [0.15, 0.2) is 83.8 Å². The summed E-state index contributed by atoms with van der Waals surface area (Å²) in [6.45, 7) is 6.60. The van der Waals surface area contributed by atoms with Gasteiger partial charge in [0.15, 0.2) is 0 Å². The molecule has 0 heterocycles. The molecule has 0 unspecified atom stereocenters. The Bertz CT molecular complexity index is 1350. The summed E-state index contributed by atoms with van der Waals surface area (Å²) in [5.41, 5.74) is 1.37. The van der Waals surface area contributed by atoms with Gasteiger partial charge in [-0.15, -0.1) is 0 Å². The van der Waals surface area contributed by atoms with Crippen LogP contribution in [-0.4, -0.2) is 43.8 Å². The van der Waals surface area contributed by atoms with Gasteiger partial charge >= 0.3 is 0 Å². The highest BCUT2D eigenvalue weighted by atomic mass is 32.2. The summed E-state index contributed by atoms with van der Waals surface area (Å²) in [4.78, 5) is 28.1. The van der Waals surface area contributed by atoms with Crippen molar-refractivity contribution < 1.29 is 22.4 Å². The Morgan fingerprint density at radius 2 is 1.53 bits per heavy atom. The molecule has 3 rings (SSSR count). The van der Waals surface area contributed by atoms with Gasteiger partial charge in [-0.3, -0.25) is 13.9 Å². The molecule has 0 fully saturated rings. The number of hydrogen-bond acceptors (Lipinski definition) is 4. The van der Waals surface area contributed by atoms with Crippen LogP contribution in [0.3, 0.4) is 0 Å². The van der Waals surface area contributed by atoms with E-state index in [9.17, 15) is 22.4 Å². The third-order valence-corrected chi connectivity index (χ3v) is 8.15. The maximum absolute atomic E-state index is 14.9. The number of carbonyl (C=O) groups excluding carboxylic acids is 2. The van der Waals surface area contributed by atoms with Crippen molar-refractivity contribution in [1.82, 2.24) is 10.2 Å². The van der Waals surface area contributed by atoms with Crippen LogP contribution in [0.5, 0.6) is 0 Å². The monoisotopic (exact) mass is 539 g/mol. The zero-order valence-corrected chi connectivity index (χ0v) is 22.9. The lowest BCUT2D eigenvalue weighted by molar-refractivity contribution is -0.139. The van der Waals surface area contributed by atoms with Crippen LogP contribution in [0.25, 0.3) is 0 Å². The first-order valence-electron chi connectivity index (χ1n) is 12.5. The quantitative estimate of drug-likeness (QED) is 0.384. The number of para-hydroxylation sites is 1. The van der Waals surface area contributed by atoms with Crippen LogP contribution in [0.2, 0.25) is 0 Å². The number of sulfonamides is 1. The number of hydrogen-bond donors (Lipinski definition) is 1. The minimum atomic E-state index is -4.32. The van der Waals surface area contributed by atoms with Crippen molar-refractivity contribution in [2.45, 2.75) is 57.6 Å². The Balaban J connectivity index is 2.02. The summed E-state index contributed by atoms with van der Waals surface area (Å²) >= 11 is 0. The van der Waals surface area contributed by atoms with Crippen molar-refractivity contribution in [2.75, 3.05) is 10.8 Å². The molecule has 0 saturated carbocycles. The number of rotatable bonds is 11. The first kappa shape index (κ1) is 28.8. The molecule has 202 valence electrons. The molecule has 0 aliphatic heterocycles. The highest BCUT2D eigenvalue weighted by Gasteiger charge is 2.33. The second-order valence-corrected chi connectivity index (χ2v) is 11.1. The third-order valence-electron chi connectivity index (χ3n) is 6.37. The normalized spacial score (nSPS) is 12.9. The van der Waals surface area contributed by atoms with Gasteiger partial charge in [0.25, 0.3) is 10.0 Å². The molecule has 1 N–H and O–H groups in total. The number of aryl methyl sites for hydroxylation is 1. The van der Waals surface area contributed by atoms with Crippen LogP contribution in [-0.2, 0) is 26.2 Å². The number of halogens is 1. The molecule has 3 aromatic carbocycles. The zero-order chi connectivity index (χ0) is 27.9. The molecule has 9 heteroatoms. The highest BCUT2D eigenvalue weighted by molar-refractivity contribution is 7.92. The Morgan fingerprint density at radius 3 is 2.13 bits per heavy atom. The number of nitrogens with one attached hydrogen (secondary N) is 1. The van der Waals surface area contributed by atoms with E-state index in [1.165, 1.54) is 35.2 Å². The van der Waals surface area contributed by atoms with E-state index in [2.05, 4.69) is 5.32 Å². The van der Waals surface area contributed by atoms with Gasteiger partial charge in [-0.25, -0.2) is 12.8 Å². The predicted molar refractivity (Wildman–Crippen MR) is 146 cm³/mol. The van der Waals surface area contributed by atoms with Crippen LogP contribution in [0.1, 0.15) is 38.3 Å². The van der Waals surface area contributed by atoms with Crippen molar-refractivity contribution in [3.05, 3.63) is 95.8 Å². The molecule has 0 saturated heterocycles. The van der Waals surface area contributed by atoms with Gasteiger partial charge in [-0.2, -0.15) is 0 Å². The Labute approximate surface area is 224 Å². The average molecular weight is 540 g/mol. The van der Waals surface area contributed by atoms with E-state index in [-0.39, 0.29) is 29.1 Å². The van der Waals surface area contributed by atoms with Crippen LogP contribution >= 0.6 is 0 Å². The van der Waals surface area contributed by atoms with Crippen molar-refractivity contribution in [1.29, 1.82) is 0 Å². The van der Waals surface area contributed by atoms with Crippen LogP contribution in [0, 0.1) is 12.7 Å². The van der Waals surface area contributed by atoms with Crippen molar-refractivity contribution in [3.63, 3.8) is 0 Å². The molecule has 2 atom stereocenters. The summed E-state index contributed by atoms with van der Waals surface area (Å²) in [5.74, 6) is -1.78. The number of carbonyl (C=O) groups is 2. The molecule has 7 nitrogen and oxygen atoms in total. The SMILES string of the molecule is CC[C@@H](C)NC(=O)[C@H](C)N(Cc1ccccc1)C(=O)CN(c1ccccc1F)S(=O)(=O)c1ccc(C)cc1. The standard InChI is InChI=1S/C29H34FN3O4S/c1-5-22(3)31-29(35)23(4)32(19-24-11-7-6-8-12-24)28(34)20-33(27-14-10-9-13-26(27)30)38(36,37)25-17-15-21(2)16-18-25/h6-18,22-23H,5,19-20H2,1-4H3,(H,31,35)/t22-,23+/m1/s1. The Kier molecular flexibility index (Phi) is 9.63. The lowest BCUT2D eigenvalue weighted by atomic mass is 10.1. The molecule has 2 amide bonds. The van der Waals surface area contributed by atoms with E-state index in [0.717, 1.165) is 21.5 Å². The van der Waals surface area contributed by atoms with Crippen LogP contribution in [0.4, 0.5) is 10.1 Å². The lowest BCUT2D eigenvalue weighted by Gasteiger charge is -2.32. The molecule has 38 heavy (non-hydrogen) atoms. The summed E-state index contributed by atoms with van der Waals surface area (Å²) < 4.78 is 43.1. The fourth-order valence-corrected chi connectivity index (χ4v) is 5.25. The first-order valence-corrected chi connectivity index (χ1v) is 14.0. The van der Waals surface area contributed by atoms with Crippen molar-refractivity contribution in [3.8, 4) is 0 Å². The van der Waals surface area contributed by atoms with E-state index in [4.69, 9.17) is 0 Å². The number of benzene rings is 3. The highest BCUT2D eigenvalue weighted by Crippen LogP contribution is 2.27. The smallest absolute Gasteiger partial charge is 0.264 e. The van der Waals surface area contributed by atoms with Gasteiger partial charge in [0.2, 0.25) is 11.8 Å². The fourth-order valence-electron chi connectivity index (χ4n) is 3.83. The van der Waals surface area contributed by atoms with Crippen molar-refractivity contribution in [2.24, 2.45) is 0 Å². The topological polar surface area (TPSA) is 86.8 Å². The molecular formula is C29H34FN3O4S. The molecular weight excluding hydrogens is 505 g/mol. The van der Waals surface area contributed by atoms with E-state index >= 15 is 0 Å². The summed E-state index contributed by atoms with van der Waals surface area (Å²) in [5, 5.41) is 2.88. The Hall–Kier alpha value is -3.72. The van der Waals surface area contributed by atoms with E-state index in [1.54, 1.807) is 19.1 Å². The van der Waals surface area contributed by atoms with Gasteiger partial charge < -0.3 is 10.2 Å². The van der Waals surface area contributed by atoms with Crippen molar-refractivity contribution >= 4 is 27.5 Å². The summed E-state index contributed by atoms with van der Waals surface area (Å²) in [6.07, 6.45) is 0.709. The predicted octanol–water partition coefficient (Wildman–Crippen LogP) is 4.66. The molecule has 0 bridgehead atoms. The zero-order valence-electron chi connectivity index (χ0n) is 22.1. The molecule has 0 spiro atoms. The number of nitrogens with zero attached hydrogens (tertiary/aromatic N) is 2. The molecule has 3 aromatic rings. The minimum absolute atomic E-state index is 0.0728. The second-order valence-electron chi connectivity index (χ2n) is 9.28. The third kappa shape index (κ3) is 6.98. The largest absolute Gasteiger partial charge is 0.352 e. The molecule has 0 aliphatic carbocycles. The van der Waals surface area contributed by atoms with Gasteiger partial charge in [0, 0.05) is 12.6 Å². The number of anilines is 1. The van der Waals surface area contributed by atoms with Gasteiger partial charge in [0.05, 0.1) is 10.6 Å². The first-order chi connectivity index (χ1) is 18.0. The van der Waals surface area contributed by atoms with Gasteiger partial charge in [-0.1, -0.05) is 67.1 Å². The maximum atomic E-state index is 14.9. The molecule has 0 aromatic heterocycles. The second kappa shape index (κ2) is 12.7. The van der Waals surface area contributed by atoms with Crippen LogP contribution < -0.4 is 9.62 Å². The maximum Gasteiger partial charge on any atom is 0.264 e. The fraction of sp³-hybridized carbons (Fsp3) is 0.310. The lowest BCUT2D eigenvalue weighted by Crippen LogP contribution is -2.52. The summed E-state index contributed by atoms with van der Waals surface area (Å²) in [7, 11) is -4.32. The Morgan fingerprint density at radius 1 is 0.921 bits per heavy atom. The van der Waals surface area contributed by atoms with E-state index in [0.29, 0.717) is 6.42 Å². The van der Waals surface area contributed by atoms with Gasteiger partial charge in [-0.05, 0) is 57.0 Å². The number of amides is 2. The molecule has 0 aliphatic rings. The van der Waals surface area contributed by atoms with E-state index in [1.807, 2.05) is 51.1 Å². The summed E-state index contributed by atoms with van der Waals surface area (Å²) in [6, 6.07) is 19.6. The van der Waals surface area contributed by atoms with E-state index < -0.39 is 34.3 Å². The van der Waals surface area contributed by atoms with Gasteiger partial charge in [0.1, 0.15) is 18.4 Å². The molecule has 0 radical (unpaired) electrons. The average Bonchev–Trinajstić information content (AvgIpc) is 2.91.